The predicted molar refractivity (Wildman–Crippen MR) is 99.6 cm³/mol. The first-order valence-corrected chi connectivity index (χ1v) is 9.40. The lowest BCUT2D eigenvalue weighted by molar-refractivity contribution is -0.115. The molecule has 0 bridgehead atoms. The summed E-state index contributed by atoms with van der Waals surface area (Å²) in [5.41, 5.74) is 2.77. The normalized spacial score (nSPS) is 11.0. The van der Waals surface area contributed by atoms with Gasteiger partial charge in [-0.2, -0.15) is 0 Å². The summed E-state index contributed by atoms with van der Waals surface area (Å²) >= 11 is 0. The molecule has 0 atom stereocenters. The van der Waals surface area contributed by atoms with Crippen molar-refractivity contribution in [3.63, 3.8) is 0 Å². The van der Waals surface area contributed by atoms with Crippen LogP contribution in [0.25, 0.3) is 0 Å². The molecule has 138 valence electrons. The molecular weight excluding hydrogens is 354 g/mol. The second kappa shape index (κ2) is 8.11. The van der Waals surface area contributed by atoms with Crippen molar-refractivity contribution in [3.05, 3.63) is 59.2 Å². The van der Waals surface area contributed by atoms with Crippen molar-refractivity contribution in [2.45, 2.75) is 18.7 Å². The molecule has 7 nitrogen and oxygen atoms in total. The average molecular weight is 375 g/mol. The molecule has 0 aliphatic rings. The fraction of sp³-hybridized carbons (Fsp3) is 0.222. The molecule has 0 aliphatic heterocycles. The van der Waals surface area contributed by atoms with E-state index in [4.69, 9.17) is 0 Å². The molecule has 0 aliphatic carbocycles. The van der Waals surface area contributed by atoms with Crippen LogP contribution in [0.3, 0.4) is 0 Å². The summed E-state index contributed by atoms with van der Waals surface area (Å²) in [4.78, 5) is 23.5. The number of sulfonamides is 1. The minimum absolute atomic E-state index is 0.114. The second-order valence-corrected chi connectivity index (χ2v) is 7.54. The smallest absolute Gasteiger partial charge is 0.251 e. The van der Waals surface area contributed by atoms with Crippen LogP contribution in [0.5, 0.6) is 0 Å². The summed E-state index contributed by atoms with van der Waals surface area (Å²) in [6.45, 7) is 3.32. The fourth-order valence-electron chi connectivity index (χ4n) is 2.18. The lowest BCUT2D eigenvalue weighted by Crippen LogP contribution is -2.33. The summed E-state index contributed by atoms with van der Waals surface area (Å²) < 4.78 is 26.8. The van der Waals surface area contributed by atoms with Crippen LogP contribution in [-0.2, 0) is 14.8 Å². The number of benzene rings is 2. The van der Waals surface area contributed by atoms with Gasteiger partial charge >= 0.3 is 0 Å². The van der Waals surface area contributed by atoms with Gasteiger partial charge in [-0.25, -0.2) is 13.1 Å². The van der Waals surface area contributed by atoms with Gasteiger partial charge in [-0.1, -0.05) is 6.07 Å². The number of rotatable bonds is 6. The molecule has 8 heteroatoms. The number of amides is 2. The van der Waals surface area contributed by atoms with Crippen LogP contribution in [-0.4, -0.2) is 33.8 Å². The van der Waals surface area contributed by atoms with E-state index in [9.17, 15) is 18.0 Å². The van der Waals surface area contributed by atoms with E-state index in [1.807, 2.05) is 13.8 Å². The Morgan fingerprint density at radius 1 is 0.962 bits per heavy atom. The van der Waals surface area contributed by atoms with Crippen LogP contribution in [0, 0.1) is 13.8 Å². The first-order chi connectivity index (χ1) is 12.2. The van der Waals surface area contributed by atoms with Crippen molar-refractivity contribution in [1.29, 1.82) is 0 Å². The maximum absolute atomic E-state index is 12.3. The maximum atomic E-state index is 12.3. The minimum atomic E-state index is -3.77. The largest absolute Gasteiger partial charge is 0.355 e. The molecule has 2 amide bonds. The van der Waals surface area contributed by atoms with E-state index in [1.54, 1.807) is 36.4 Å². The molecule has 0 unspecified atom stereocenters. The Kier molecular flexibility index (Phi) is 6.12. The van der Waals surface area contributed by atoms with Crippen LogP contribution in [0.2, 0.25) is 0 Å². The third kappa shape index (κ3) is 4.90. The van der Waals surface area contributed by atoms with Gasteiger partial charge < -0.3 is 10.6 Å². The number of carbonyl (C=O) groups excluding carboxylic acids is 2. The standard InChI is InChI=1S/C18H21N3O4S/c1-12-4-9-16(10-13(12)2)26(24,25)20-11-17(22)21-15-7-5-14(6-8-15)18(23)19-3/h4-10,20H,11H2,1-3H3,(H,19,23)(H,21,22). The van der Waals surface area contributed by atoms with Crippen molar-refractivity contribution < 1.29 is 18.0 Å². The van der Waals surface area contributed by atoms with Gasteiger partial charge in [0.05, 0.1) is 11.4 Å². The molecule has 0 radical (unpaired) electrons. The molecule has 2 rings (SSSR count). The molecule has 0 heterocycles. The number of nitrogens with one attached hydrogen (secondary N) is 3. The Morgan fingerprint density at radius 3 is 2.19 bits per heavy atom. The number of aryl methyl sites for hydroxylation is 2. The maximum Gasteiger partial charge on any atom is 0.251 e. The van der Waals surface area contributed by atoms with Gasteiger partial charge in [0.1, 0.15) is 0 Å². The van der Waals surface area contributed by atoms with Crippen LogP contribution in [0.15, 0.2) is 47.4 Å². The Hall–Kier alpha value is -2.71. The zero-order valence-corrected chi connectivity index (χ0v) is 15.6. The molecule has 2 aromatic carbocycles. The summed E-state index contributed by atoms with van der Waals surface area (Å²) in [6, 6.07) is 11.0. The van der Waals surface area contributed by atoms with Crippen LogP contribution in [0.4, 0.5) is 5.69 Å². The second-order valence-electron chi connectivity index (χ2n) is 5.78. The molecule has 2 aromatic rings. The van der Waals surface area contributed by atoms with Gasteiger partial charge in [0.2, 0.25) is 15.9 Å². The lowest BCUT2D eigenvalue weighted by atomic mass is 10.1. The van der Waals surface area contributed by atoms with E-state index >= 15 is 0 Å². The molecule has 0 spiro atoms. The van der Waals surface area contributed by atoms with E-state index in [-0.39, 0.29) is 10.8 Å². The van der Waals surface area contributed by atoms with Crippen molar-refractivity contribution in [3.8, 4) is 0 Å². The van der Waals surface area contributed by atoms with Gasteiger partial charge in [-0.15, -0.1) is 0 Å². The first kappa shape index (κ1) is 19.6. The zero-order chi connectivity index (χ0) is 19.3. The summed E-state index contributed by atoms with van der Waals surface area (Å²) in [5.74, 6) is -0.742. The molecule has 26 heavy (non-hydrogen) atoms. The topological polar surface area (TPSA) is 104 Å². The number of hydrogen-bond acceptors (Lipinski definition) is 4. The Morgan fingerprint density at radius 2 is 1.62 bits per heavy atom. The lowest BCUT2D eigenvalue weighted by Gasteiger charge is -2.09. The van der Waals surface area contributed by atoms with Crippen molar-refractivity contribution >= 4 is 27.5 Å². The third-order valence-electron chi connectivity index (χ3n) is 3.87. The van der Waals surface area contributed by atoms with Gasteiger partial charge in [0, 0.05) is 18.3 Å². The van der Waals surface area contributed by atoms with Gasteiger partial charge in [-0.05, 0) is 61.4 Å². The van der Waals surface area contributed by atoms with Crippen molar-refractivity contribution in [2.24, 2.45) is 0 Å². The molecular formula is C18H21N3O4S. The highest BCUT2D eigenvalue weighted by atomic mass is 32.2. The summed E-state index contributed by atoms with van der Waals surface area (Å²) in [6.07, 6.45) is 0. The molecule has 3 N–H and O–H groups in total. The SMILES string of the molecule is CNC(=O)c1ccc(NC(=O)CNS(=O)(=O)c2ccc(C)c(C)c2)cc1. The highest BCUT2D eigenvalue weighted by Gasteiger charge is 2.16. The highest BCUT2D eigenvalue weighted by Crippen LogP contribution is 2.14. The number of hydrogen-bond donors (Lipinski definition) is 3. The van der Waals surface area contributed by atoms with E-state index in [2.05, 4.69) is 15.4 Å². The van der Waals surface area contributed by atoms with Crippen LogP contribution in [0.1, 0.15) is 21.5 Å². The van der Waals surface area contributed by atoms with E-state index < -0.39 is 22.5 Å². The summed E-state index contributed by atoms with van der Waals surface area (Å²) in [5, 5.41) is 5.07. The van der Waals surface area contributed by atoms with E-state index in [1.165, 1.54) is 13.1 Å². The number of carbonyl (C=O) groups is 2. The van der Waals surface area contributed by atoms with Crippen LogP contribution < -0.4 is 15.4 Å². The minimum Gasteiger partial charge on any atom is -0.355 e. The fourth-order valence-corrected chi connectivity index (χ4v) is 3.25. The molecule has 0 aromatic heterocycles. The van der Waals surface area contributed by atoms with Crippen LogP contribution >= 0.6 is 0 Å². The van der Waals surface area contributed by atoms with Gasteiger partial charge in [0.25, 0.3) is 5.91 Å². The Balaban J connectivity index is 1.97. The quantitative estimate of drug-likeness (QED) is 0.713. The predicted octanol–water partition coefficient (Wildman–Crippen LogP) is 1.58. The highest BCUT2D eigenvalue weighted by molar-refractivity contribution is 7.89. The van der Waals surface area contributed by atoms with Crippen molar-refractivity contribution in [2.75, 3.05) is 18.9 Å². The zero-order valence-electron chi connectivity index (χ0n) is 14.8. The first-order valence-electron chi connectivity index (χ1n) is 7.92. The molecule has 0 saturated carbocycles. The van der Waals surface area contributed by atoms with Gasteiger partial charge in [-0.3, -0.25) is 9.59 Å². The van der Waals surface area contributed by atoms with Crippen molar-refractivity contribution in [1.82, 2.24) is 10.0 Å². The average Bonchev–Trinajstić information content (AvgIpc) is 2.62. The Labute approximate surface area is 152 Å². The summed E-state index contributed by atoms with van der Waals surface area (Å²) in [7, 11) is -2.24. The van der Waals surface area contributed by atoms with Gasteiger partial charge in [0.15, 0.2) is 0 Å². The molecule has 0 saturated heterocycles. The molecule has 0 fully saturated rings. The third-order valence-corrected chi connectivity index (χ3v) is 5.27. The van der Waals surface area contributed by atoms with E-state index in [0.717, 1.165) is 11.1 Å². The Bertz CT molecular complexity index is 922. The monoisotopic (exact) mass is 375 g/mol. The van der Waals surface area contributed by atoms with E-state index in [0.29, 0.717) is 11.3 Å². The number of anilines is 1.